The van der Waals surface area contributed by atoms with Crippen molar-refractivity contribution in [3.63, 3.8) is 0 Å². The van der Waals surface area contributed by atoms with Gasteiger partial charge in [-0.15, -0.1) is 0 Å². The van der Waals surface area contributed by atoms with Crippen molar-refractivity contribution in [3.05, 3.63) is 76.4 Å². The highest BCUT2D eigenvalue weighted by atomic mass is 35.5. The molecule has 2 atom stereocenters. The van der Waals surface area contributed by atoms with Crippen LogP contribution in [0.5, 0.6) is 0 Å². The van der Waals surface area contributed by atoms with Gasteiger partial charge < -0.3 is 20.6 Å². The number of rotatable bonds is 7. The molecule has 3 N–H and O–H groups in total. The van der Waals surface area contributed by atoms with Gasteiger partial charge in [-0.25, -0.2) is 9.97 Å². The minimum atomic E-state index is -4.96. The molecule has 4 rings (SSSR count). The van der Waals surface area contributed by atoms with Crippen LogP contribution in [0.3, 0.4) is 0 Å². The molecule has 3 aromatic rings. The SMILES string of the molecule is CNc1ncc(Cl)c(-c2ccc3c(c2)C(=O)N(CC(=O)NC(c2ccccc2)C(O)C(F)(F)F)C3)n1. The third-order valence-electron chi connectivity index (χ3n) is 5.69. The summed E-state index contributed by atoms with van der Waals surface area (Å²) in [5, 5.41) is 15.2. The van der Waals surface area contributed by atoms with Gasteiger partial charge in [0, 0.05) is 24.7 Å². The number of hydrogen-bond donors (Lipinski definition) is 3. The van der Waals surface area contributed by atoms with E-state index in [2.05, 4.69) is 20.6 Å². The number of aliphatic hydroxyl groups is 1. The highest BCUT2D eigenvalue weighted by Crippen LogP contribution is 2.32. The second-order valence-corrected chi connectivity index (χ2v) is 8.52. The number of halogens is 4. The van der Waals surface area contributed by atoms with Crippen LogP contribution in [0.15, 0.2) is 54.7 Å². The predicted molar refractivity (Wildman–Crippen MR) is 126 cm³/mol. The number of hydrogen-bond acceptors (Lipinski definition) is 6. The number of nitrogens with one attached hydrogen (secondary N) is 2. The Hall–Kier alpha value is -3.70. The molecule has 2 amide bonds. The first-order chi connectivity index (χ1) is 17.1. The van der Waals surface area contributed by atoms with Gasteiger partial charge in [0.05, 0.1) is 23.0 Å². The Balaban J connectivity index is 1.51. The topological polar surface area (TPSA) is 107 Å². The molecule has 0 bridgehead atoms. The highest BCUT2D eigenvalue weighted by molar-refractivity contribution is 6.33. The number of amides is 2. The fraction of sp³-hybridized carbons (Fsp3) is 0.250. The molecule has 0 spiro atoms. The van der Waals surface area contributed by atoms with Gasteiger partial charge in [0.2, 0.25) is 11.9 Å². The quantitative estimate of drug-likeness (QED) is 0.440. The molecular weight excluding hydrogens is 499 g/mol. The molecule has 188 valence electrons. The van der Waals surface area contributed by atoms with Crippen molar-refractivity contribution in [2.75, 3.05) is 18.9 Å². The molecule has 2 aromatic carbocycles. The third-order valence-corrected chi connectivity index (χ3v) is 5.97. The zero-order chi connectivity index (χ0) is 26.0. The van der Waals surface area contributed by atoms with Gasteiger partial charge in [0.1, 0.15) is 6.54 Å². The number of benzene rings is 2. The maximum Gasteiger partial charge on any atom is 0.416 e. The normalized spacial score (nSPS) is 14.8. The largest absolute Gasteiger partial charge is 0.416 e. The molecule has 12 heteroatoms. The van der Waals surface area contributed by atoms with Gasteiger partial charge in [-0.2, -0.15) is 13.2 Å². The second-order valence-electron chi connectivity index (χ2n) is 8.12. The average molecular weight is 520 g/mol. The van der Waals surface area contributed by atoms with E-state index in [1.807, 2.05) is 0 Å². The van der Waals surface area contributed by atoms with Crippen LogP contribution in [-0.4, -0.2) is 57.7 Å². The lowest BCUT2D eigenvalue weighted by Gasteiger charge is -2.27. The van der Waals surface area contributed by atoms with Gasteiger partial charge >= 0.3 is 6.18 Å². The molecule has 0 saturated carbocycles. The van der Waals surface area contributed by atoms with E-state index in [1.54, 1.807) is 31.3 Å². The Kier molecular flexibility index (Phi) is 7.14. The lowest BCUT2D eigenvalue weighted by molar-refractivity contribution is -0.213. The van der Waals surface area contributed by atoms with Crippen LogP contribution in [0, 0.1) is 0 Å². The fourth-order valence-electron chi connectivity index (χ4n) is 3.91. The summed E-state index contributed by atoms with van der Waals surface area (Å²) in [4.78, 5) is 35.3. The number of nitrogens with zero attached hydrogens (tertiary/aromatic N) is 3. The summed E-state index contributed by atoms with van der Waals surface area (Å²) in [6, 6.07) is 10.7. The Morgan fingerprint density at radius 2 is 1.94 bits per heavy atom. The minimum Gasteiger partial charge on any atom is -0.381 e. The van der Waals surface area contributed by atoms with E-state index in [-0.39, 0.29) is 17.1 Å². The van der Waals surface area contributed by atoms with E-state index < -0.39 is 36.7 Å². The number of carbonyl (C=O) groups excluding carboxylic acids is 2. The first-order valence-electron chi connectivity index (χ1n) is 10.8. The van der Waals surface area contributed by atoms with E-state index >= 15 is 0 Å². The minimum absolute atomic E-state index is 0.0824. The van der Waals surface area contributed by atoms with Crippen molar-refractivity contribution in [1.29, 1.82) is 0 Å². The Labute approximate surface area is 209 Å². The maximum atomic E-state index is 13.2. The smallest absolute Gasteiger partial charge is 0.381 e. The lowest BCUT2D eigenvalue weighted by atomic mass is 10.0. The van der Waals surface area contributed by atoms with E-state index in [0.717, 1.165) is 0 Å². The number of aliphatic hydroxyl groups excluding tert-OH is 1. The second kappa shape index (κ2) is 10.1. The van der Waals surface area contributed by atoms with Crippen LogP contribution in [0.2, 0.25) is 5.02 Å². The van der Waals surface area contributed by atoms with Gasteiger partial charge in [-0.1, -0.05) is 54.1 Å². The predicted octanol–water partition coefficient (Wildman–Crippen LogP) is 3.58. The molecule has 2 heterocycles. The van der Waals surface area contributed by atoms with Crippen LogP contribution in [-0.2, 0) is 11.3 Å². The van der Waals surface area contributed by atoms with Gasteiger partial charge in [-0.05, 0) is 17.2 Å². The number of fused-ring (bicyclic) bond motifs is 1. The number of aromatic nitrogens is 2. The maximum absolute atomic E-state index is 13.2. The first-order valence-corrected chi connectivity index (χ1v) is 11.2. The van der Waals surface area contributed by atoms with Gasteiger partial charge in [0.25, 0.3) is 5.91 Å². The molecule has 36 heavy (non-hydrogen) atoms. The van der Waals surface area contributed by atoms with Crippen molar-refractivity contribution in [2.24, 2.45) is 0 Å². The summed E-state index contributed by atoms with van der Waals surface area (Å²) < 4.78 is 39.7. The van der Waals surface area contributed by atoms with Crippen molar-refractivity contribution in [1.82, 2.24) is 20.2 Å². The van der Waals surface area contributed by atoms with Crippen LogP contribution < -0.4 is 10.6 Å². The molecule has 0 aliphatic carbocycles. The number of alkyl halides is 3. The van der Waals surface area contributed by atoms with Crippen LogP contribution in [0.25, 0.3) is 11.3 Å². The number of anilines is 1. The van der Waals surface area contributed by atoms with Crippen LogP contribution in [0.1, 0.15) is 27.5 Å². The van der Waals surface area contributed by atoms with Gasteiger partial charge in [0.15, 0.2) is 6.10 Å². The summed E-state index contributed by atoms with van der Waals surface area (Å²) in [6.07, 6.45) is -6.35. The molecule has 0 fully saturated rings. The summed E-state index contributed by atoms with van der Waals surface area (Å²) in [7, 11) is 1.65. The molecular formula is C24H21ClF3N5O3. The van der Waals surface area contributed by atoms with E-state index in [0.29, 0.717) is 28.3 Å². The molecule has 0 radical (unpaired) electrons. The van der Waals surface area contributed by atoms with E-state index in [9.17, 15) is 27.9 Å². The molecule has 1 aliphatic rings. The monoisotopic (exact) mass is 519 g/mol. The summed E-state index contributed by atoms with van der Waals surface area (Å²) in [6.45, 7) is -0.395. The van der Waals surface area contributed by atoms with Gasteiger partial charge in [-0.3, -0.25) is 9.59 Å². The van der Waals surface area contributed by atoms with Crippen LogP contribution in [0.4, 0.5) is 19.1 Å². The van der Waals surface area contributed by atoms with Crippen molar-refractivity contribution >= 4 is 29.4 Å². The van der Waals surface area contributed by atoms with E-state index in [4.69, 9.17) is 11.6 Å². The average Bonchev–Trinajstić information content (AvgIpc) is 3.16. The summed E-state index contributed by atoms with van der Waals surface area (Å²) in [5.74, 6) is -0.965. The molecule has 0 saturated heterocycles. The highest BCUT2D eigenvalue weighted by Gasteiger charge is 2.45. The first kappa shape index (κ1) is 25.4. The summed E-state index contributed by atoms with van der Waals surface area (Å²) in [5.41, 5.74) is 2.03. The van der Waals surface area contributed by atoms with Crippen LogP contribution >= 0.6 is 11.6 Å². The van der Waals surface area contributed by atoms with Crippen molar-refractivity contribution in [3.8, 4) is 11.3 Å². The molecule has 1 aromatic heterocycles. The zero-order valence-corrected chi connectivity index (χ0v) is 19.6. The zero-order valence-electron chi connectivity index (χ0n) is 18.9. The Morgan fingerprint density at radius 3 is 2.61 bits per heavy atom. The Bertz CT molecular complexity index is 1290. The molecule has 1 aliphatic heterocycles. The molecule has 8 nitrogen and oxygen atoms in total. The van der Waals surface area contributed by atoms with Crippen molar-refractivity contribution in [2.45, 2.75) is 24.9 Å². The Morgan fingerprint density at radius 1 is 1.22 bits per heavy atom. The number of carbonyl (C=O) groups is 2. The summed E-state index contributed by atoms with van der Waals surface area (Å²) >= 11 is 6.23. The van der Waals surface area contributed by atoms with Crippen molar-refractivity contribution < 1.29 is 27.9 Å². The fourth-order valence-corrected chi connectivity index (χ4v) is 4.11. The lowest BCUT2D eigenvalue weighted by Crippen LogP contribution is -2.46. The standard InChI is InChI=1S/C24H21ClF3N5O3/c1-29-23-30-10-17(25)19(32-23)14-7-8-15-11-33(22(36)16(15)9-14)12-18(34)31-20(21(35)24(26,27)28)13-5-3-2-4-6-13/h2-10,20-21,35H,11-12H2,1H3,(H,31,34)(H,29,30,32). The third kappa shape index (κ3) is 5.26. The molecule has 2 unspecified atom stereocenters. The van der Waals surface area contributed by atoms with E-state index in [1.165, 1.54) is 35.4 Å².